The lowest BCUT2D eigenvalue weighted by Gasteiger charge is -2.23. The molecule has 1 amide bonds. The molecule has 2 aromatic rings. The van der Waals surface area contributed by atoms with Gasteiger partial charge in [-0.3, -0.25) is 9.48 Å². The van der Waals surface area contributed by atoms with Crippen LogP contribution < -0.4 is 10.2 Å². The Kier molecular flexibility index (Phi) is 3.71. The highest BCUT2D eigenvalue weighted by atomic mass is 32.1. The van der Waals surface area contributed by atoms with Crippen molar-refractivity contribution in [2.24, 2.45) is 7.05 Å². The van der Waals surface area contributed by atoms with Gasteiger partial charge in [-0.2, -0.15) is 18.3 Å². The number of nitrogens with one attached hydrogen (secondary N) is 1. The lowest BCUT2D eigenvalue weighted by atomic mass is 9.95. The van der Waals surface area contributed by atoms with Gasteiger partial charge in [-0.25, -0.2) is 0 Å². The van der Waals surface area contributed by atoms with Gasteiger partial charge in [0.25, 0.3) is 5.91 Å². The number of hydrogen-bond acceptors (Lipinski definition) is 6. The fourth-order valence-corrected chi connectivity index (χ4v) is 4.50. The first kappa shape index (κ1) is 16.3. The smallest absolute Gasteiger partial charge is 0.346 e. The molecule has 0 spiro atoms. The van der Waals surface area contributed by atoms with E-state index in [-0.39, 0.29) is 29.2 Å². The van der Waals surface area contributed by atoms with Crippen LogP contribution >= 0.6 is 11.3 Å². The molecular formula is C14H15F3N6OS. The Hall–Kier alpha value is -2.17. The Morgan fingerprint density at radius 2 is 2.16 bits per heavy atom. The van der Waals surface area contributed by atoms with E-state index in [1.807, 2.05) is 4.90 Å². The molecule has 2 bridgehead atoms. The second kappa shape index (κ2) is 5.68. The van der Waals surface area contributed by atoms with Crippen molar-refractivity contribution in [2.75, 3.05) is 4.90 Å². The summed E-state index contributed by atoms with van der Waals surface area (Å²) < 4.78 is 39.8. The minimum Gasteiger partial charge on any atom is -0.346 e. The number of rotatable bonds is 3. The molecule has 4 heterocycles. The zero-order valence-electron chi connectivity index (χ0n) is 13.2. The average molecular weight is 372 g/mol. The van der Waals surface area contributed by atoms with E-state index in [2.05, 4.69) is 20.6 Å². The number of hydrogen-bond donors (Lipinski definition) is 1. The van der Waals surface area contributed by atoms with Crippen molar-refractivity contribution in [1.29, 1.82) is 0 Å². The number of fused-ring (bicyclic) bond motifs is 2. The van der Waals surface area contributed by atoms with Crippen LogP contribution in [0.4, 0.5) is 18.3 Å². The van der Waals surface area contributed by atoms with Crippen molar-refractivity contribution < 1.29 is 18.0 Å². The molecule has 2 saturated heterocycles. The van der Waals surface area contributed by atoms with Crippen LogP contribution in [0.5, 0.6) is 0 Å². The molecule has 4 rings (SSSR count). The van der Waals surface area contributed by atoms with Gasteiger partial charge in [0.2, 0.25) is 10.1 Å². The van der Waals surface area contributed by atoms with Crippen molar-refractivity contribution >= 4 is 22.4 Å². The van der Waals surface area contributed by atoms with Crippen LogP contribution in [0.25, 0.3) is 0 Å². The standard InChI is InChI=1S/C14H15F3N6OS/c1-22-5-4-8(21-22)11(24)18-9-6-7-2-3-10(9)23(7)13-20-19-12(25-13)14(15,16)17/h4-5,7,9-10H,2-3,6H2,1H3,(H,18,24)/t7-,9+,10+/m0/s1. The number of anilines is 1. The first-order chi connectivity index (χ1) is 11.8. The molecule has 2 fully saturated rings. The summed E-state index contributed by atoms with van der Waals surface area (Å²) in [5, 5.41) is 13.3. The van der Waals surface area contributed by atoms with Crippen molar-refractivity contribution in [3.63, 3.8) is 0 Å². The fraction of sp³-hybridized carbons (Fsp3) is 0.571. The number of carbonyl (C=O) groups excluding carboxylic acids is 1. The summed E-state index contributed by atoms with van der Waals surface area (Å²) in [6.07, 6.45) is -0.437. The van der Waals surface area contributed by atoms with Crippen LogP contribution in [0.3, 0.4) is 0 Å². The number of aryl methyl sites for hydroxylation is 1. The minimum atomic E-state index is -4.48. The molecular weight excluding hydrogens is 357 g/mol. The maximum Gasteiger partial charge on any atom is 0.445 e. The van der Waals surface area contributed by atoms with Gasteiger partial charge < -0.3 is 10.2 Å². The van der Waals surface area contributed by atoms with Crippen LogP contribution in [-0.2, 0) is 13.2 Å². The van der Waals surface area contributed by atoms with Crippen LogP contribution in [0, 0.1) is 0 Å². The molecule has 2 aromatic heterocycles. The van der Waals surface area contributed by atoms with Crippen molar-refractivity contribution in [1.82, 2.24) is 25.3 Å². The molecule has 2 aliphatic heterocycles. The van der Waals surface area contributed by atoms with Crippen molar-refractivity contribution in [3.8, 4) is 0 Å². The molecule has 2 aliphatic rings. The summed E-state index contributed by atoms with van der Waals surface area (Å²) >= 11 is 0.556. The third-order valence-corrected chi connectivity index (χ3v) is 5.66. The molecule has 25 heavy (non-hydrogen) atoms. The molecule has 0 saturated carbocycles. The average Bonchev–Trinajstić information content (AvgIpc) is 3.27. The van der Waals surface area contributed by atoms with Gasteiger partial charge in [0.1, 0.15) is 5.69 Å². The van der Waals surface area contributed by atoms with Crippen LogP contribution in [-0.4, -0.2) is 44.0 Å². The van der Waals surface area contributed by atoms with E-state index in [1.54, 1.807) is 24.0 Å². The predicted molar refractivity (Wildman–Crippen MR) is 83.3 cm³/mol. The molecule has 1 N–H and O–H groups in total. The number of amides is 1. The van der Waals surface area contributed by atoms with E-state index in [4.69, 9.17) is 0 Å². The normalized spacial score (nSPS) is 25.6. The number of aromatic nitrogens is 4. The van der Waals surface area contributed by atoms with E-state index in [0.29, 0.717) is 23.5 Å². The first-order valence-corrected chi connectivity index (χ1v) is 8.64. The molecule has 0 aromatic carbocycles. The second-order valence-electron chi connectivity index (χ2n) is 6.28. The monoisotopic (exact) mass is 372 g/mol. The van der Waals surface area contributed by atoms with Gasteiger partial charge in [0, 0.05) is 19.3 Å². The summed E-state index contributed by atoms with van der Waals surface area (Å²) in [5.41, 5.74) is 0.326. The third kappa shape index (κ3) is 2.86. The van der Waals surface area contributed by atoms with Crippen LogP contribution in [0.15, 0.2) is 12.3 Å². The van der Waals surface area contributed by atoms with Gasteiger partial charge in [-0.05, 0) is 25.3 Å². The largest absolute Gasteiger partial charge is 0.445 e. The van der Waals surface area contributed by atoms with E-state index >= 15 is 0 Å². The van der Waals surface area contributed by atoms with Crippen molar-refractivity contribution in [2.45, 2.75) is 43.6 Å². The highest BCUT2D eigenvalue weighted by Gasteiger charge is 2.49. The summed E-state index contributed by atoms with van der Waals surface area (Å²) in [4.78, 5) is 14.2. The molecule has 3 atom stereocenters. The lowest BCUT2D eigenvalue weighted by molar-refractivity contribution is -0.138. The van der Waals surface area contributed by atoms with Crippen molar-refractivity contribution in [3.05, 3.63) is 23.0 Å². The van der Waals surface area contributed by atoms with Gasteiger partial charge >= 0.3 is 6.18 Å². The minimum absolute atomic E-state index is 0.0632. The number of nitrogens with zero attached hydrogens (tertiary/aromatic N) is 5. The molecule has 7 nitrogen and oxygen atoms in total. The third-order valence-electron chi connectivity index (χ3n) is 4.68. The Morgan fingerprint density at radius 3 is 2.80 bits per heavy atom. The summed E-state index contributed by atoms with van der Waals surface area (Å²) in [5.74, 6) is -0.272. The first-order valence-electron chi connectivity index (χ1n) is 7.82. The van der Waals surface area contributed by atoms with Gasteiger partial charge in [-0.15, -0.1) is 10.2 Å². The van der Waals surface area contributed by atoms with Crippen LogP contribution in [0.2, 0.25) is 0 Å². The van der Waals surface area contributed by atoms with Gasteiger partial charge in [-0.1, -0.05) is 11.3 Å². The van der Waals surface area contributed by atoms with E-state index in [9.17, 15) is 18.0 Å². The van der Waals surface area contributed by atoms with Gasteiger partial charge in [0.05, 0.1) is 12.1 Å². The second-order valence-corrected chi connectivity index (χ2v) is 7.24. The Morgan fingerprint density at radius 1 is 1.36 bits per heavy atom. The SMILES string of the molecule is Cn1ccc(C(=O)N[C@@H]2C[C@@H]3CC[C@H]2N3c2nnc(C(F)(F)F)s2)n1. The zero-order chi connectivity index (χ0) is 17.8. The predicted octanol–water partition coefficient (Wildman–Crippen LogP) is 1.83. The van der Waals surface area contributed by atoms with Crippen LogP contribution in [0.1, 0.15) is 34.8 Å². The summed E-state index contributed by atoms with van der Waals surface area (Å²) in [6.45, 7) is 0. The number of carbonyl (C=O) groups is 1. The summed E-state index contributed by atoms with van der Waals surface area (Å²) in [7, 11) is 1.73. The van der Waals surface area contributed by atoms with Gasteiger partial charge in [0.15, 0.2) is 0 Å². The Labute approximate surface area is 144 Å². The molecule has 0 aliphatic carbocycles. The number of alkyl halides is 3. The topological polar surface area (TPSA) is 75.9 Å². The Bertz CT molecular complexity index is 803. The molecule has 134 valence electrons. The molecule has 0 radical (unpaired) electrons. The Balaban J connectivity index is 1.50. The van der Waals surface area contributed by atoms with E-state index < -0.39 is 11.2 Å². The summed E-state index contributed by atoms with van der Waals surface area (Å²) in [6, 6.07) is 1.51. The highest BCUT2D eigenvalue weighted by molar-refractivity contribution is 7.15. The maximum absolute atomic E-state index is 12.8. The molecule has 0 unspecified atom stereocenters. The quantitative estimate of drug-likeness (QED) is 0.890. The number of halogens is 3. The van der Waals surface area contributed by atoms with E-state index in [0.717, 1.165) is 12.8 Å². The van der Waals surface area contributed by atoms with E-state index in [1.165, 1.54) is 0 Å². The molecule has 11 heteroatoms. The highest BCUT2D eigenvalue weighted by Crippen LogP contribution is 2.44. The maximum atomic E-state index is 12.8. The zero-order valence-corrected chi connectivity index (χ0v) is 14.0. The lowest BCUT2D eigenvalue weighted by Crippen LogP contribution is -2.44. The fourth-order valence-electron chi connectivity index (χ4n) is 3.65.